The summed E-state index contributed by atoms with van der Waals surface area (Å²) in [5.74, 6) is 2.38. The van der Waals surface area contributed by atoms with Crippen LogP contribution in [-0.4, -0.2) is 69.5 Å². The van der Waals surface area contributed by atoms with E-state index in [2.05, 4.69) is 9.97 Å². The maximum Gasteiger partial charge on any atom is 0.403 e. The minimum atomic E-state index is -4.53. The number of rotatable bonds is 16. The van der Waals surface area contributed by atoms with E-state index in [0.717, 1.165) is 11.4 Å². The fourth-order valence-corrected chi connectivity index (χ4v) is 9.97. The van der Waals surface area contributed by atoms with Gasteiger partial charge in [0, 0.05) is 42.2 Å². The van der Waals surface area contributed by atoms with E-state index in [1.54, 1.807) is 39.3 Å². The number of hydrogen-bond donors (Lipinski definition) is 3. The van der Waals surface area contributed by atoms with Gasteiger partial charge in [0.05, 0.1) is 32.0 Å². The molecule has 2 fully saturated rings. The molecule has 2 aliphatic rings. The van der Waals surface area contributed by atoms with Crippen molar-refractivity contribution in [1.82, 2.24) is 19.1 Å². The molecule has 350 valence electrons. The highest BCUT2D eigenvalue weighted by molar-refractivity contribution is 7.57. The molecule has 19 heteroatoms. The first-order valence-electron chi connectivity index (χ1n) is 21.2. The number of aliphatic hydroxyl groups is 1. The average Bonchev–Trinajstić information content (AvgIpc) is 3.91. The number of benzene rings is 4. The molecule has 8 rings (SSSR count). The molecule has 0 amide bonds. The number of para-hydroxylation sites is 1. The van der Waals surface area contributed by atoms with Crippen molar-refractivity contribution in [3.63, 3.8) is 0 Å². The minimum absolute atomic E-state index is 0.0102. The van der Waals surface area contributed by atoms with Crippen LogP contribution in [0.4, 0.5) is 0 Å². The Morgan fingerprint density at radius 2 is 1.27 bits per heavy atom. The van der Waals surface area contributed by atoms with Gasteiger partial charge in [0.1, 0.15) is 53.6 Å². The van der Waals surface area contributed by atoms with Gasteiger partial charge in [-0.05, 0) is 73.0 Å². The molecule has 0 spiro atoms. The lowest BCUT2D eigenvalue weighted by Crippen LogP contribution is -2.38. The van der Waals surface area contributed by atoms with Crippen LogP contribution in [0.3, 0.4) is 0 Å². The van der Waals surface area contributed by atoms with Gasteiger partial charge in [0.25, 0.3) is 11.1 Å². The monoisotopic (exact) mass is 954 g/mol. The summed E-state index contributed by atoms with van der Waals surface area (Å²) in [6, 6.07) is 30.7. The van der Waals surface area contributed by atoms with Crippen LogP contribution >= 0.6 is 19.2 Å². The summed E-state index contributed by atoms with van der Waals surface area (Å²) in [5, 5.41) is 11.3. The van der Waals surface area contributed by atoms with Gasteiger partial charge >= 0.3 is 19.0 Å². The summed E-state index contributed by atoms with van der Waals surface area (Å²) in [6.45, 7) is 2.84. The molecule has 6 aromatic rings. The number of aromatic nitrogens is 4. The van der Waals surface area contributed by atoms with Crippen molar-refractivity contribution in [2.45, 2.75) is 69.2 Å². The zero-order valence-corrected chi connectivity index (χ0v) is 38.4. The quantitative estimate of drug-likeness (QED) is 0.0701. The molecule has 1 unspecified atom stereocenters. The molecular formula is C48H48ClN4O13P. The van der Waals surface area contributed by atoms with Gasteiger partial charge in [-0.2, -0.15) is 0 Å². The summed E-state index contributed by atoms with van der Waals surface area (Å²) in [7, 11) is -1.39. The Bertz CT molecular complexity index is 2980. The number of nitrogens with one attached hydrogen (secondary N) is 2. The minimum Gasteiger partial charge on any atom is -0.497 e. The number of halogens is 1. The second-order valence-electron chi connectivity index (χ2n) is 16.0. The zero-order chi connectivity index (χ0) is 47.5. The van der Waals surface area contributed by atoms with Crippen LogP contribution in [0.15, 0.2) is 147 Å². The molecule has 0 bridgehead atoms. The summed E-state index contributed by atoms with van der Waals surface area (Å²) in [6.07, 6.45) is -2.69. The Hall–Kier alpha value is -6.30. The Kier molecular flexibility index (Phi) is 14.0. The van der Waals surface area contributed by atoms with Crippen molar-refractivity contribution in [3.8, 4) is 17.2 Å². The van der Waals surface area contributed by atoms with E-state index < -0.39 is 72.6 Å². The molecular weight excluding hydrogens is 907 g/mol. The van der Waals surface area contributed by atoms with E-state index in [1.165, 1.54) is 40.6 Å². The number of ether oxygens (including phenoxy) is 5. The molecule has 2 aliphatic heterocycles. The molecule has 2 saturated heterocycles. The Morgan fingerprint density at radius 3 is 1.82 bits per heavy atom. The topological polar surface area (TPSA) is 212 Å². The third-order valence-electron chi connectivity index (χ3n) is 11.7. The first-order chi connectivity index (χ1) is 32.2. The molecule has 0 aliphatic carbocycles. The summed E-state index contributed by atoms with van der Waals surface area (Å²) in [5.41, 5.74) is -1.25. The Morgan fingerprint density at radius 1 is 0.746 bits per heavy atom. The van der Waals surface area contributed by atoms with E-state index in [4.69, 9.17) is 44.3 Å². The summed E-state index contributed by atoms with van der Waals surface area (Å²) in [4.78, 5) is 55.2. The van der Waals surface area contributed by atoms with E-state index in [1.807, 2.05) is 78.9 Å². The van der Waals surface area contributed by atoms with Crippen LogP contribution in [-0.2, 0) is 28.9 Å². The van der Waals surface area contributed by atoms with Crippen molar-refractivity contribution in [2.75, 3.05) is 20.8 Å². The number of hydrogen-bond acceptors (Lipinski definition) is 13. The SMILES string of the molecule is COc1ccc(C(OC[C@H]2O[C@@H](n3cc(C)c(=O)[nH]c3=O)C[C@@H]2OP(=O)(/C=C/[C@H]2O[C@@H](n3cc(C)c(=O)[nH]c3=O)C[C@@H]2O)Oc2ccccc2Cl)(c2ccccc2)c2ccc(OC)cc2)cc1. The standard InChI is InChI=1S/C48H48ClN4O13P/c1-29-26-52(46(57)50-44(29)55)42-24-37(54)39(63-42)22-23-67(59,65-38-13-9-8-12-36(38)49)66-40-25-43(53-27-30(2)45(56)51-47(53)58)64-41(40)28-62-48(31-10-6-5-7-11-31,32-14-18-34(60-3)19-15-32)33-16-20-35(61-4)21-17-33/h5-23,26-27,37,39-43,54H,24-25,28H2,1-4H3,(H,50,55,57)(H,51,56,58)/b23-22+/t37-,39+,40-,41+,42+,43+,67?/m0/s1. The van der Waals surface area contributed by atoms with Crippen LogP contribution in [0, 0.1) is 13.8 Å². The van der Waals surface area contributed by atoms with Gasteiger partial charge in [-0.25, -0.2) is 14.2 Å². The zero-order valence-electron chi connectivity index (χ0n) is 36.8. The van der Waals surface area contributed by atoms with E-state index in [0.29, 0.717) is 22.6 Å². The second-order valence-corrected chi connectivity index (χ2v) is 18.2. The molecule has 67 heavy (non-hydrogen) atoms. The van der Waals surface area contributed by atoms with Crippen molar-refractivity contribution in [3.05, 3.63) is 202 Å². The molecule has 17 nitrogen and oxygen atoms in total. The van der Waals surface area contributed by atoms with Gasteiger partial charge in [0.15, 0.2) is 0 Å². The highest BCUT2D eigenvalue weighted by Gasteiger charge is 2.46. The van der Waals surface area contributed by atoms with Crippen LogP contribution < -0.4 is 36.5 Å². The number of aromatic amines is 2. The average molecular weight is 955 g/mol. The molecule has 4 aromatic carbocycles. The second kappa shape index (κ2) is 19.9. The lowest BCUT2D eigenvalue weighted by molar-refractivity contribution is -0.0920. The number of aryl methyl sites for hydroxylation is 2. The largest absolute Gasteiger partial charge is 0.497 e. The van der Waals surface area contributed by atoms with Crippen LogP contribution in [0.2, 0.25) is 5.02 Å². The predicted molar refractivity (Wildman–Crippen MR) is 247 cm³/mol. The molecule has 3 N–H and O–H groups in total. The van der Waals surface area contributed by atoms with Crippen molar-refractivity contribution >= 4 is 19.2 Å². The van der Waals surface area contributed by atoms with E-state index in [-0.39, 0.29) is 41.3 Å². The molecule has 7 atom stereocenters. The van der Waals surface area contributed by atoms with Gasteiger partial charge in [-0.15, -0.1) is 0 Å². The number of methoxy groups -OCH3 is 2. The smallest absolute Gasteiger partial charge is 0.403 e. The fraction of sp³-hybridized carbons (Fsp3) is 0.292. The maximum absolute atomic E-state index is 15.3. The molecule has 0 radical (unpaired) electrons. The van der Waals surface area contributed by atoms with E-state index in [9.17, 15) is 24.3 Å². The van der Waals surface area contributed by atoms with Crippen molar-refractivity contribution in [2.24, 2.45) is 0 Å². The number of aliphatic hydroxyl groups excluding tert-OH is 1. The highest BCUT2D eigenvalue weighted by atomic mass is 35.5. The van der Waals surface area contributed by atoms with Gasteiger partial charge in [-0.3, -0.25) is 33.2 Å². The lowest BCUT2D eigenvalue weighted by atomic mass is 9.80. The van der Waals surface area contributed by atoms with Crippen LogP contribution in [0.25, 0.3) is 0 Å². The van der Waals surface area contributed by atoms with E-state index >= 15 is 4.57 Å². The Labute approximate surface area is 388 Å². The molecule has 0 saturated carbocycles. The van der Waals surface area contributed by atoms with Crippen LogP contribution in [0.1, 0.15) is 53.1 Å². The summed E-state index contributed by atoms with van der Waals surface area (Å²) >= 11 is 6.54. The van der Waals surface area contributed by atoms with Crippen LogP contribution in [0.5, 0.6) is 17.2 Å². The number of nitrogens with zero attached hydrogens (tertiary/aromatic N) is 2. The van der Waals surface area contributed by atoms with Gasteiger partial charge in [-0.1, -0.05) is 78.3 Å². The highest BCUT2D eigenvalue weighted by Crippen LogP contribution is 2.55. The first-order valence-corrected chi connectivity index (χ1v) is 23.2. The van der Waals surface area contributed by atoms with Crippen molar-refractivity contribution in [1.29, 1.82) is 0 Å². The Balaban J connectivity index is 1.19. The van der Waals surface area contributed by atoms with Crippen molar-refractivity contribution < 1.29 is 42.4 Å². The first kappa shape index (κ1) is 47.2. The summed E-state index contributed by atoms with van der Waals surface area (Å²) < 4.78 is 61.3. The lowest BCUT2D eigenvalue weighted by Gasteiger charge is -2.37. The maximum atomic E-state index is 15.3. The van der Waals surface area contributed by atoms with Gasteiger partial charge < -0.3 is 33.3 Å². The number of H-pyrrole nitrogens is 2. The van der Waals surface area contributed by atoms with Gasteiger partial charge in [0.2, 0.25) is 0 Å². The predicted octanol–water partition coefficient (Wildman–Crippen LogP) is 6.49. The molecule has 2 aromatic heterocycles. The third-order valence-corrected chi connectivity index (χ3v) is 13.5. The molecule has 4 heterocycles. The third kappa shape index (κ3) is 10.0. The normalized spacial score (nSPS) is 21.6. The fourth-order valence-electron chi connectivity index (χ4n) is 8.16.